The van der Waals surface area contributed by atoms with Gasteiger partial charge in [-0.05, 0) is 31.5 Å². The largest absolute Gasteiger partial charge is 0.448 e. The molecule has 0 aliphatic carbocycles. The first-order chi connectivity index (χ1) is 14.5. The number of hydrogen-bond donors (Lipinski definition) is 2. The number of anilines is 1. The third kappa shape index (κ3) is 3.96. The Morgan fingerprint density at radius 1 is 1.33 bits per heavy atom. The minimum Gasteiger partial charge on any atom is -0.448 e. The van der Waals surface area contributed by atoms with Crippen LogP contribution in [0.5, 0.6) is 11.5 Å². The van der Waals surface area contributed by atoms with E-state index in [2.05, 4.69) is 15.3 Å². The van der Waals surface area contributed by atoms with Crippen LogP contribution in [0.15, 0.2) is 35.3 Å². The maximum absolute atomic E-state index is 13.9. The summed E-state index contributed by atoms with van der Waals surface area (Å²) >= 11 is 0. The second kappa shape index (κ2) is 8.33. The van der Waals surface area contributed by atoms with Crippen LogP contribution in [0, 0.1) is 11.6 Å². The maximum Gasteiger partial charge on any atom is 0.295 e. The topological polar surface area (TPSA) is 98.5 Å². The molecule has 3 heterocycles. The summed E-state index contributed by atoms with van der Waals surface area (Å²) in [5, 5.41) is 13.6. The lowest BCUT2D eigenvalue weighted by molar-refractivity contribution is -0.0136. The van der Waals surface area contributed by atoms with Crippen molar-refractivity contribution in [1.29, 1.82) is 0 Å². The number of pyridine rings is 1. The molecule has 10 heteroatoms. The lowest BCUT2D eigenvalue weighted by atomic mass is 10.1. The minimum absolute atomic E-state index is 0.126. The molecule has 1 aliphatic rings. The van der Waals surface area contributed by atoms with Gasteiger partial charge in [0.25, 0.3) is 5.56 Å². The molecule has 1 aliphatic heterocycles. The number of ether oxygens (including phenoxy) is 2. The molecule has 2 unspecified atom stereocenters. The fraction of sp³-hybridized carbons (Fsp3) is 0.350. The van der Waals surface area contributed by atoms with Gasteiger partial charge in [0, 0.05) is 30.8 Å². The Bertz CT molecular complexity index is 1140. The number of aromatic nitrogens is 3. The Labute approximate surface area is 170 Å². The SMILES string of the molecule is CCn1c(=O)c(Oc2ccc(F)cc2F)cc2cnc(NC3CCOCC3O)nc21. The van der Waals surface area contributed by atoms with Crippen molar-refractivity contribution < 1.29 is 23.4 Å². The number of aliphatic hydroxyl groups excluding tert-OH is 1. The summed E-state index contributed by atoms with van der Waals surface area (Å²) in [4.78, 5) is 21.5. The Kier molecular flexibility index (Phi) is 5.60. The van der Waals surface area contributed by atoms with Crippen LogP contribution >= 0.6 is 0 Å². The van der Waals surface area contributed by atoms with E-state index in [1.807, 2.05) is 0 Å². The number of rotatable bonds is 5. The summed E-state index contributed by atoms with van der Waals surface area (Å²) in [6.07, 6.45) is 1.42. The fourth-order valence-electron chi connectivity index (χ4n) is 3.30. The Morgan fingerprint density at radius 2 is 2.17 bits per heavy atom. The van der Waals surface area contributed by atoms with Crippen LogP contribution in [-0.4, -0.2) is 45.0 Å². The van der Waals surface area contributed by atoms with Gasteiger partial charge in [-0.3, -0.25) is 9.36 Å². The standard InChI is InChI=1S/C20H20F2N4O4/c1-2-26-18-11(9-23-20(25-18)24-14-5-6-29-10-15(14)27)7-17(19(26)28)30-16-4-3-12(21)8-13(16)22/h3-4,7-9,14-15,27H,2,5-6,10H2,1H3,(H,23,24,25). The number of aryl methyl sites for hydroxylation is 1. The van der Waals surface area contributed by atoms with Crippen molar-refractivity contribution in [1.82, 2.24) is 14.5 Å². The first-order valence-corrected chi connectivity index (χ1v) is 9.52. The Balaban J connectivity index is 1.69. The van der Waals surface area contributed by atoms with Crippen molar-refractivity contribution in [3.05, 3.63) is 52.5 Å². The first kappa shape index (κ1) is 20.2. The van der Waals surface area contributed by atoms with Gasteiger partial charge in [-0.15, -0.1) is 0 Å². The molecule has 0 spiro atoms. The van der Waals surface area contributed by atoms with E-state index in [1.165, 1.54) is 16.8 Å². The van der Waals surface area contributed by atoms with Crippen molar-refractivity contribution >= 4 is 17.0 Å². The highest BCUT2D eigenvalue weighted by Crippen LogP contribution is 2.25. The lowest BCUT2D eigenvalue weighted by Crippen LogP contribution is -2.42. The number of nitrogens with one attached hydrogen (secondary N) is 1. The highest BCUT2D eigenvalue weighted by atomic mass is 19.1. The van der Waals surface area contributed by atoms with E-state index < -0.39 is 23.3 Å². The number of halogens is 2. The molecule has 30 heavy (non-hydrogen) atoms. The monoisotopic (exact) mass is 418 g/mol. The third-order valence-corrected chi connectivity index (χ3v) is 4.86. The van der Waals surface area contributed by atoms with E-state index >= 15 is 0 Å². The zero-order chi connectivity index (χ0) is 21.3. The van der Waals surface area contributed by atoms with Crippen LogP contribution in [0.25, 0.3) is 11.0 Å². The lowest BCUT2D eigenvalue weighted by Gasteiger charge is -2.28. The maximum atomic E-state index is 13.9. The van der Waals surface area contributed by atoms with E-state index in [1.54, 1.807) is 6.92 Å². The average Bonchev–Trinajstić information content (AvgIpc) is 2.72. The zero-order valence-corrected chi connectivity index (χ0v) is 16.1. The van der Waals surface area contributed by atoms with Gasteiger partial charge in [0.05, 0.1) is 18.8 Å². The quantitative estimate of drug-likeness (QED) is 0.657. The molecule has 1 fully saturated rings. The predicted octanol–water partition coefficient (Wildman–Crippen LogP) is 2.44. The normalized spacial score (nSPS) is 19.1. The molecular weight excluding hydrogens is 398 g/mol. The van der Waals surface area contributed by atoms with Crippen molar-refractivity contribution in [2.45, 2.75) is 32.0 Å². The molecule has 3 aromatic rings. The highest BCUT2D eigenvalue weighted by Gasteiger charge is 2.24. The van der Waals surface area contributed by atoms with Crippen LogP contribution < -0.4 is 15.6 Å². The summed E-state index contributed by atoms with van der Waals surface area (Å²) in [7, 11) is 0. The number of nitrogens with zero attached hydrogens (tertiary/aromatic N) is 3. The van der Waals surface area contributed by atoms with Crippen LogP contribution in [0.1, 0.15) is 13.3 Å². The van der Waals surface area contributed by atoms with Gasteiger partial charge in [0.1, 0.15) is 11.5 Å². The molecule has 4 rings (SSSR count). The average molecular weight is 418 g/mol. The number of fused-ring (bicyclic) bond motifs is 1. The predicted molar refractivity (Wildman–Crippen MR) is 105 cm³/mol. The van der Waals surface area contributed by atoms with Crippen LogP contribution in [0.4, 0.5) is 14.7 Å². The summed E-state index contributed by atoms with van der Waals surface area (Å²) in [6.45, 7) is 2.80. The molecule has 0 saturated carbocycles. The van der Waals surface area contributed by atoms with Crippen molar-refractivity contribution in [3.63, 3.8) is 0 Å². The minimum atomic E-state index is -0.914. The molecule has 2 aromatic heterocycles. The molecule has 2 N–H and O–H groups in total. The molecule has 0 amide bonds. The fourth-order valence-corrected chi connectivity index (χ4v) is 3.30. The molecular formula is C20H20F2N4O4. The summed E-state index contributed by atoms with van der Waals surface area (Å²) in [5.41, 5.74) is -0.141. The molecule has 8 nitrogen and oxygen atoms in total. The summed E-state index contributed by atoms with van der Waals surface area (Å²) in [6, 6.07) is 4.00. The van der Waals surface area contributed by atoms with Gasteiger partial charge in [0.15, 0.2) is 17.3 Å². The number of aliphatic hydroxyl groups is 1. The highest BCUT2D eigenvalue weighted by molar-refractivity contribution is 5.77. The Hall–Kier alpha value is -3.11. The van der Waals surface area contributed by atoms with E-state index in [4.69, 9.17) is 9.47 Å². The zero-order valence-electron chi connectivity index (χ0n) is 16.1. The van der Waals surface area contributed by atoms with E-state index in [-0.39, 0.29) is 36.6 Å². The van der Waals surface area contributed by atoms with Gasteiger partial charge < -0.3 is 19.9 Å². The number of benzene rings is 1. The molecule has 158 valence electrons. The van der Waals surface area contributed by atoms with Crippen molar-refractivity contribution in [2.75, 3.05) is 18.5 Å². The summed E-state index contributed by atoms with van der Waals surface area (Å²) < 4.78 is 39.1. The van der Waals surface area contributed by atoms with Gasteiger partial charge in [-0.25, -0.2) is 13.8 Å². The van der Waals surface area contributed by atoms with Gasteiger partial charge in [-0.1, -0.05) is 0 Å². The van der Waals surface area contributed by atoms with Crippen molar-refractivity contribution in [3.8, 4) is 11.5 Å². The summed E-state index contributed by atoms with van der Waals surface area (Å²) in [5.74, 6) is -1.77. The number of hydrogen-bond acceptors (Lipinski definition) is 7. The smallest absolute Gasteiger partial charge is 0.295 e. The first-order valence-electron chi connectivity index (χ1n) is 9.52. The van der Waals surface area contributed by atoms with Crippen LogP contribution in [0.2, 0.25) is 0 Å². The molecule has 0 radical (unpaired) electrons. The molecule has 2 atom stereocenters. The van der Waals surface area contributed by atoms with E-state index in [0.29, 0.717) is 30.1 Å². The second-order valence-corrected chi connectivity index (χ2v) is 6.89. The van der Waals surface area contributed by atoms with Gasteiger partial charge >= 0.3 is 0 Å². The van der Waals surface area contributed by atoms with Crippen LogP contribution in [0.3, 0.4) is 0 Å². The van der Waals surface area contributed by atoms with E-state index in [9.17, 15) is 18.7 Å². The van der Waals surface area contributed by atoms with E-state index in [0.717, 1.165) is 12.1 Å². The van der Waals surface area contributed by atoms with Gasteiger partial charge in [0.2, 0.25) is 5.95 Å². The molecule has 0 bridgehead atoms. The Morgan fingerprint density at radius 3 is 2.90 bits per heavy atom. The van der Waals surface area contributed by atoms with Crippen LogP contribution in [-0.2, 0) is 11.3 Å². The molecule has 1 saturated heterocycles. The second-order valence-electron chi connectivity index (χ2n) is 6.89. The van der Waals surface area contributed by atoms with Crippen molar-refractivity contribution in [2.24, 2.45) is 0 Å². The van der Waals surface area contributed by atoms with Gasteiger partial charge in [-0.2, -0.15) is 4.98 Å². The molecule has 1 aromatic carbocycles. The third-order valence-electron chi connectivity index (χ3n) is 4.86.